The number of morpholine rings is 1. The molecule has 1 fully saturated rings. The molecule has 0 radical (unpaired) electrons. The fourth-order valence-corrected chi connectivity index (χ4v) is 1.91. The summed E-state index contributed by atoms with van der Waals surface area (Å²) in [4.78, 5) is 2.37. The molecule has 0 N–H and O–H groups in total. The molecule has 2 heteroatoms. The maximum atomic E-state index is 5.75. The number of rotatable bonds is 3. The Morgan fingerprint density at radius 3 is 2.58 bits per heavy atom. The predicted octanol–water partition coefficient (Wildman–Crippen LogP) is 1.75. The fraction of sp³-hybridized carbons (Fsp3) is 1.00. The summed E-state index contributed by atoms with van der Waals surface area (Å²) < 4.78 is 5.75. The van der Waals surface area contributed by atoms with E-state index in [1.165, 1.54) is 12.8 Å². The summed E-state index contributed by atoms with van der Waals surface area (Å²) in [5.74, 6) is 0.757. The number of nitrogens with zero attached hydrogens (tertiary/aromatic N) is 1. The highest BCUT2D eigenvalue weighted by atomic mass is 16.5. The number of ether oxygens (including phenoxy) is 1. The monoisotopic (exact) mass is 171 g/mol. The van der Waals surface area contributed by atoms with E-state index < -0.39 is 0 Å². The number of hydrogen-bond donors (Lipinski definition) is 0. The Morgan fingerprint density at radius 2 is 2.08 bits per heavy atom. The minimum absolute atomic E-state index is 0.485. The van der Waals surface area contributed by atoms with E-state index in [1.807, 2.05) is 0 Å². The zero-order chi connectivity index (χ0) is 8.97. The highest BCUT2D eigenvalue weighted by molar-refractivity contribution is 4.74. The van der Waals surface area contributed by atoms with Gasteiger partial charge in [0.2, 0.25) is 0 Å². The van der Waals surface area contributed by atoms with Crippen molar-refractivity contribution in [3.63, 3.8) is 0 Å². The molecule has 1 heterocycles. The van der Waals surface area contributed by atoms with Crippen LogP contribution in [-0.4, -0.2) is 37.7 Å². The van der Waals surface area contributed by atoms with Crippen molar-refractivity contribution in [3.8, 4) is 0 Å². The molecular weight excluding hydrogens is 150 g/mol. The minimum atomic E-state index is 0.485. The summed E-state index contributed by atoms with van der Waals surface area (Å²) in [6.07, 6.45) is 2.98. The lowest BCUT2D eigenvalue weighted by Gasteiger charge is -2.34. The lowest BCUT2D eigenvalue weighted by molar-refractivity contribution is -0.0517. The van der Waals surface area contributed by atoms with Crippen molar-refractivity contribution in [1.82, 2.24) is 4.90 Å². The van der Waals surface area contributed by atoms with Crippen molar-refractivity contribution >= 4 is 0 Å². The summed E-state index contributed by atoms with van der Waals surface area (Å²) in [7, 11) is 2.18. The highest BCUT2D eigenvalue weighted by Gasteiger charge is 2.23. The van der Waals surface area contributed by atoms with Crippen LogP contribution < -0.4 is 0 Å². The maximum absolute atomic E-state index is 5.75. The molecule has 2 nitrogen and oxygen atoms in total. The zero-order valence-corrected chi connectivity index (χ0v) is 8.55. The van der Waals surface area contributed by atoms with E-state index in [1.54, 1.807) is 0 Å². The molecule has 1 unspecified atom stereocenters. The minimum Gasteiger partial charge on any atom is -0.375 e. The van der Waals surface area contributed by atoms with Gasteiger partial charge in [0.15, 0.2) is 0 Å². The third kappa shape index (κ3) is 2.46. The number of hydrogen-bond acceptors (Lipinski definition) is 2. The Bertz CT molecular complexity index is 123. The van der Waals surface area contributed by atoms with Crippen LogP contribution in [0, 0.1) is 5.92 Å². The van der Waals surface area contributed by atoms with Gasteiger partial charge in [0.1, 0.15) is 0 Å². The van der Waals surface area contributed by atoms with Crippen LogP contribution in [0.3, 0.4) is 0 Å². The maximum Gasteiger partial charge on any atom is 0.0730 e. The summed E-state index contributed by atoms with van der Waals surface area (Å²) >= 11 is 0. The van der Waals surface area contributed by atoms with Crippen molar-refractivity contribution in [1.29, 1.82) is 0 Å². The topological polar surface area (TPSA) is 12.5 Å². The second kappa shape index (κ2) is 4.83. The van der Waals surface area contributed by atoms with Crippen molar-refractivity contribution in [2.24, 2.45) is 5.92 Å². The van der Waals surface area contributed by atoms with E-state index in [-0.39, 0.29) is 0 Å². The van der Waals surface area contributed by atoms with Crippen LogP contribution in [0.1, 0.15) is 26.7 Å². The summed E-state index contributed by atoms with van der Waals surface area (Å²) in [5.41, 5.74) is 0. The molecule has 1 atom stereocenters. The molecule has 1 saturated heterocycles. The average molecular weight is 171 g/mol. The molecule has 0 aliphatic carbocycles. The first-order valence-electron chi connectivity index (χ1n) is 5.08. The van der Waals surface area contributed by atoms with Crippen LogP contribution in [0.25, 0.3) is 0 Å². The Balaban J connectivity index is 2.38. The van der Waals surface area contributed by atoms with Crippen LogP contribution in [0.2, 0.25) is 0 Å². The van der Waals surface area contributed by atoms with Gasteiger partial charge in [-0.25, -0.2) is 0 Å². The van der Waals surface area contributed by atoms with Gasteiger partial charge in [0.05, 0.1) is 12.7 Å². The van der Waals surface area contributed by atoms with Crippen molar-refractivity contribution in [3.05, 3.63) is 0 Å². The lowest BCUT2D eigenvalue weighted by atomic mass is 9.95. The molecule has 0 amide bonds. The molecule has 0 aromatic heterocycles. The second-order valence-corrected chi connectivity index (χ2v) is 3.75. The standard InChI is InChI=1S/C10H21NO/c1-4-9(5-2)10-8-11(3)6-7-12-10/h9-10H,4-8H2,1-3H3. The lowest BCUT2D eigenvalue weighted by Crippen LogP contribution is -2.43. The van der Waals surface area contributed by atoms with Gasteiger partial charge >= 0.3 is 0 Å². The summed E-state index contributed by atoms with van der Waals surface area (Å²) in [5, 5.41) is 0. The van der Waals surface area contributed by atoms with Gasteiger partial charge in [-0.2, -0.15) is 0 Å². The summed E-state index contributed by atoms with van der Waals surface area (Å²) in [6.45, 7) is 7.64. The Morgan fingerprint density at radius 1 is 1.42 bits per heavy atom. The van der Waals surface area contributed by atoms with Crippen LogP contribution in [0.5, 0.6) is 0 Å². The Hall–Kier alpha value is -0.0800. The first-order chi connectivity index (χ1) is 5.77. The third-order valence-electron chi connectivity index (χ3n) is 2.87. The molecule has 0 bridgehead atoms. The molecule has 1 aliphatic heterocycles. The SMILES string of the molecule is CCC(CC)C1CN(C)CCO1. The van der Waals surface area contributed by atoms with Gasteiger partial charge in [-0.15, -0.1) is 0 Å². The Kier molecular flexibility index (Phi) is 4.02. The van der Waals surface area contributed by atoms with Gasteiger partial charge in [-0.05, 0) is 13.0 Å². The van der Waals surface area contributed by atoms with Gasteiger partial charge < -0.3 is 9.64 Å². The smallest absolute Gasteiger partial charge is 0.0730 e. The predicted molar refractivity (Wildman–Crippen MR) is 51.3 cm³/mol. The molecule has 72 valence electrons. The normalized spacial score (nSPS) is 26.5. The Labute approximate surface area is 75.9 Å². The van der Waals surface area contributed by atoms with Gasteiger partial charge in [-0.1, -0.05) is 26.7 Å². The van der Waals surface area contributed by atoms with Crippen LogP contribution in [0.4, 0.5) is 0 Å². The first kappa shape index (κ1) is 10.0. The quantitative estimate of drug-likeness (QED) is 0.641. The molecule has 0 aromatic carbocycles. The van der Waals surface area contributed by atoms with E-state index in [0.717, 1.165) is 25.6 Å². The molecule has 1 rings (SSSR count). The largest absolute Gasteiger partial charge is 0.375 e. The average Bonchev–Trinajstić information content (AvgIpc) is 2.07. The van der Waals surface area contributed by atoms with E-state index in [9.17, 15) is 0 Å². The van der Waals surface area contributed by atoms with E-state index in [4.69, 9.17) is 4.74 Å². The molecule has 0 aromatic rings. The van der Waals surface area contributed by atoms with Crippen molar-refractivity contribution in [2.45, 2.75) is 32.8 Å². The molecule has 0 spiro atoms. The third-order valence-corrected chi connectivity index (χ3v) is 2.87. The van der Waals surface area contributed by atoms with E-state index in [0.29, 0.717) is 6.10 Å². The van der Waals surface area contributed by atoms with Gasteiger partial charge in [-0.3, -0.25) is 0 Å². The zero-order valence-electron chi connectivity index (χ0n) is 8.55. The van der Waals surface area contributed by atoms with E-state index >= 15 is 0 Å². The molecule has 12 heavy (non-hydrogen) atoms. The van der Waals surface area contributed by atoms with Gasteiger partial charge in [0, 0.05) is 13.1 Å². The van der Waals surface area contributed by atoms with Crippen LogP contribution >= 0.6 is 0 Å². The van der Waals surface area contributed by atoms with Crippen LogP contribution in [-0.2, 0) is 4.74 Å². The first-order valence-corrected chi connectivity index (χ1v) is 5.08. The molecule has 0 saturated carbocycles. The van der Waals surface area contributed by atoms with Crippen LogP contribution in [0.15, 0.2) is 0 Å². The second-order valence-electron chi connectivity index (χ2n) is 3.75. The van der Waals surface area contributed by atoms with E-state index in [2.05, 4.69) is 25.8 Å². The van der Waals surface area contributed by atoms with Crippen molar-refractivity contribution in [2.75, 3.05) is 26.7 Å². The molecular formula is C10H21NO. The summed E-state index contributed by atoms with van der Waals surface area (Å²) in [6, 6.07) is 0. The molecule has 1 aliphatic rings. The fourth-order valence-electron chi connectivity index (χ4n) is 1.91. The highest BCUT2D eigenvalue weighted by Crippen LogP contribution is 2.19. The number of likely N-dealkylation sites (N-methyl/N-ethyl adjacent to an activating group) is 1. The van der Waals surface area contributed by atoms with Gasteiger partial charge in [0.25, 0.3) is 0 Å². The van der Waals surface area contributed by atoms with Crippen molar-refractivity contribution < 1.29 is 4.74 Å².